The summed E-state index contributed by atoms with van der Waals surface area (Å²) < 4.78 is 6.21. The largest absolute Gasteiger partial charge is 0.356 e. The van der Waals surface area contributed by atoms with Crippen LogP contribution in [0.2, 0.25) is 0 Å². The SMILES string of the molecule is Brc1cccc(N(c2ccccc2)c2ccccc2)c1.C.c1ccc(N(c2ccccc2)c2cccc(N(c3ccccc3)c3ccc4sc5ccc(N(c6ccccc6)c6ccccc6)cc5c4c3)c2)cc1.c1ccc(Nc2ccc3sc4ccc(N(c5ccccc5)c5ccccc5)cc4c3c2)cc1. The first-order chi connectivity index (χ1) is 52.0. The van der Waals surface area contributed by atoms with Gasteiger partial charge in [0.25, 0.3) is 0 Å². The fraction of sp³-hybridized carbons (Fsp3) is 0.0103. The lowest BCUT2D eigenvalue weighted by atomic mass is 10.1. The normalized spacial score (nSPS) is 10.8. The van der Waals surface area contributed by atoms with Crippen molar-refractivity contribution >= 4 is 176 Å². The van der Waals surface area contributed by atoms with Crippen LogP contribution in [0.15, 0.2) is 429 Å². The van der Waals surface area contributed by atoms with E-state index in [-0.39, 0.29) is 7.43 Å². The molecule has 2 heterocycles. The first-order valence-electron chi connectivity index (χ1n) is 35.1. The number of hydrogen-bond acceptors (Lipinski definition) is 8. The molecule has 0 amide bonds. The minimum Gasteiger partial charge on any atom is -0.356 e. The Balaban J connectivity index is 0.000000142. The first-order valence-corrected chi connectivity index (χ1v) is 37.5. The maximum Gasteiger partial charge on any atom is 0.0482 e. The lowest BCUT2D eigenvalue weighted by molar-refractivity contribution is 1.25. The van der Waals surface area contributed by atoms with E-state index in [4.69, 9.17) is 0 Å². The van der Waals surface area contributed by atoms with Crippen LogP contribution in [-0.4, -0.2) is 0 Å². The number of fused-ring (bicyclic) bond motifs is 6. The van der Waals surface area contributed by atoms with Crippen molar-refractivity contribution in [2.75, 3.05) is 29.8 Å². The smallest absolute Gasteiger partial charge is 0.0482 e. The van der Waals surface area contributed by atoms with Gasteiger partial charge >= 0.3 is 0 Å². The molecule has 2 aromatic heterocycles. The summed E-state index contributed by atoms with van der Waals surface area (Å²) in [6.45, 7) is 0. The zero-order valence-corrected chi connectivity index (χ0v) is 60.6. The van der Waals surface area contributed by atoms with E-state index < -0.39 is 0 Å². The molecule has 0 radical (unpaired) electrons. The van der Waals surface area contributed by atoms with Gasteiger partial charge in [-0.3, -0.25) is 0 Å². The van der Waals surface area contributed by atoms with E-state index in [1.165, 1.54) is 40.3 Å². The number of benzene rings is 16. The second-order valence-electron chi connectivity index (χ2n) is 25.1. The Morgan fingerprint density at radius 3 is 0.679 bits per heavy atom. The molecule has 0 saturated heterocycles. The van der Waals surface area contributed by atoms with E-state index in [1.807, 2.05) is 46.9 Å². The minimum atomic E-state index is 0. The molecule has 0 bridgehead atoms. The van der Waals surface area contributed by atoms with Gasteiger partial charge in [-0.05, 0) is 231 Å². The fourth-order valence-electron chi connectivity index (χ4n) is 13.5. The average Bonchev–Trinajstić information content (AvgIpc) is 1.62. The van der Waals surface area contributed by atoms with Gasteiger partial charge in [0.2, 0.25) is 0 Å². The van der Waals surface area contributed by atoms with Gasteiger partial charge in [0.1, 0.15) is 0 Å². The third kappa shape index (κ3) is 15.5. The number of halogens is 1. The van der Waals surface area contributed by atoms with Crippen molar-refractivity contribution in [1.82, 2.24) is 0 Å². The number of para-hydroxylation sites is 10. The Bertz CT molecular complexity index is 5690. The van der Waals surface area contributed by atoms with Crippen molar-refractivity contribution in [3.63, 3.8) is 0 Å². The molecular weight excluding hydrogens is 1390 g/mol. The van der Waals surface area contributed by atoms with Gasteiger partial charge < -0.3 is 29.8 Å². The molecule has 0 fully saturated rings. The molecule has 6 nitrogen and oxygen atoms in total. The fourth-order valence-corrected chi connectivity index (χ4v) is 16.0. The lowest BCUT2D eigenvalue weighted by Crippen LogP contribution is -2.13. The Hall–Kier alpha value is -12.8. The standard InChI is InChI=1S/C48H35N3S.C30H22N2S.C18H14BrN.CH4/c1-6-17-36(18-7-1)49(37-19-8-2-9-20-37)41-27-16-28-42(33-41)51(40-25-14-5-15-26-40)44-30-32-48-46(35-44)45-34-43(29-31-47(45)52-48)50(38-21-10-3-11-22-38)39-23-12-4-13-24-39;1-4-10-22(11-5-1)31-23-16-18-29-27(20-23)28-21-26(17-19-30(28)33-29)32(24-12-6-2-7-13-24)25-14-8-3-9-15-25;19-15-8-7-13-18(14-15)20(16-9-3-1-4-10-16)17-11-5-2-6-12-17;/h1-35H;1-21,31H;1-14H;1H4. The van der Waals surface area contributed by atoms with Gasteiger partial charge in [0.05, 0.1) is 0 Å². The molecule has 0 atom stereocenters. The number of anilines is 17. The summed E-state index contributed by atoms with van der Waals surface area (Å²) >= 11 is 7.23. The van der Waals surface area contributed by atoms with Crippen molar-refractivity contribution in [3.05, 3.63) is 429 Å². The predicted molar refractivity (Wildman–Crippen MR) is 463 cm³/mol. The van der Waals surface area contributed by atoms with Crippen molar-refractivity contribution in [2.24, 2.45) is 0 Å². The molecule has 9 heteroatoms. The zero-order chi connectivity index (χ0) is 70.5. The summed E-state index contributed by atoms with van der Waals surface area (Å²) in [4.78, 5) is 11.6. The molecule has 0 spiro atoms. The monoisotopic (exact) mass is 1470 g/mol. The third-order valence-corrected chi connectivity index (χ3v) is 21.1. The molecule has 0 aliphatic rings. The third-order valence-electron chi connectivity index (χ3n) is 18.3. The topological polar surface area (TPSA) is 28.2 Å². The van der Waals surface area contributed by atoms with Crippen LogP contribution < -0.4 is 29.8 Å². The molecule has 0 aliphatic heterocycles. The number of nitrogens with one attached hydrogen (secondary N) is 1. The van der Waals surface area contributed by atoms with Crippen molar-refractivity contribution in [1.29, 1.82) is 0 Å². The van der Waals surface area contributed by atoms with E-state index in [0.29, 0.717) is 0 Å². The molecule has 512 valence electrons. The van der Waals surface area contributed by atoms with Crippen LogP contribution in [0.5, 0.6) is 0 Å². The van der Waals surface area contributed by atoms with E-state index in [2.05, 4.69) is 446 Å². The van der Waals surface area contributed by atoms with Gasteiger partial charge in [0.15, 0.2) is 0 Å². The Morgan fingerprint density at radius 1 is 0.179 bits per heavy atom. The van der Waals surface area contributed by atoms with Crippen LogP contribution >= 0.6 is 38.6 Å². The van der Waals surface area contributed by atoms with Crippen LogP contribution in [0.3, 0.4) is 0 Å². The summed E-state index contributed by atoms with van der Waals surface area (Å²) in [5, 5.41) is 8.58. The first kappa shape index (κ1) is 69.0. The Morgan fingerprint density at radius 2 is 0.396 bits per heavy atom. The Kier molecular flexibility index (Phi) is 21.3. The number of thiophene rings is 2. The van der Waals surface area contributed by atoms with Crippen LogP contribution in [0.4, 0.5) is 96.7 Å². The van der Waals surface area contributed by atoms with Crippen molar-refractivity contribution < 1.29 is 0 Å². The molecule has 18 rings (SSSR count). The molecule has 0 saturated carbocycles. The van der Waals surface area contributed by atoms with Gasteiger partial charge in [-0.25, -0.2) is 0 Å². The maximum absolute atomic E-state index is 3.55. The van der Waals surface area contributed by atoms with E-state index in [0.717, 1.165) is 101 Å². The lowest BCUT2D eigenvalue weighted by Gasteiger charge is -2.29. The van der Waals surface area contributed by atoms with Crippen molar-refractivity contribution in [2.45, 2.75) is 7.43 Å². The van der Waals surface area contributed by atoms with Crippen LogP contribution in [0.1, 0.15) is 7.43 Å². The summed E-state index contributed by atoms with van der Waals surface area (Å²) in [5.74, 6) is 0. The van der Waals surface area contributed by atoms with Gasteiger partial charge in [-0.15, -0.1) is 22.7 Å². The second kappa shape index (κ2) is 32.7. The second-order valence-corrected chi connectivity index (χ2v) is 28.2. The number of nitrogens with zero attached hydrogens (tertiary/aromatic N) is 5. The van der Waals surface area contributed by atoms with Gasteiger partial charge in [-0.1, -0.05) is 217 Å². The summed E-state index contributed by atoms with van der Waals surface area (Å²) in [6.07, 6.45) is 0. The van der Waals surface area contributed by atoms with Crippen molar-refractivity contribution in [3.8, 4) is 0 Å². The molecule has 18 aromatic rings. The van der Waals surface area contributed by atoms with Crippen LogP contribution in [-0.2, 0) is 0 Å². The highest BCUT2D eigenvalue weighted by atomic mass is 79.9. The van der Waals surface area contributed by atoms with Gasteiger partial charge in [0, 0.05) is 142 Å². The number of rotatable bonds is 17. The molecule has 106 heavy (non-hydrogen) atoms. The van der Waals surface area contributed by atoms with Crippen LogP contribution in [0, 0.1) is 0 Å². The molecule has 0 unspecified atom stereocenters. The molecule has 1 N–H and O–H groups in total. The number of hydrogen-bond donors (Lipinski definition) is 1. The highest BCUT2D eigenvalue weighted by Gasteiger charge is 2.21. The summed E-state index contributed by atoms with van der Waals surface area (Å²) in [5.41, 5.74) is 19.1. The summed E-state index contributed by atoms with van der Waals surface area (Å²) in [6, 6.07) is 150. The maximum atomic E-state index is 3.55. The molecular formula is C97H75BrN6S2. The highest BCUT2D eigenvalue weighted by molar-refractivity contribution is 9.10. The molecule has 16 aromatic carbocycles. The quantitative estimate of drug-likeness (QED) is 0.0977. The highest BCUT2D eigenvalue weighted by Crippen LogP contribution is 2.47. The van der Waals surface area contributed by atoms with E-state index >= 15 is 0 Å². The van der Waals surface area contributed by atoms with E-state index in [9.17, 15) is 0 Å². The Labute approximate surface area is 637 Å². The zero-order valence-electron chi connectivity index (χ0n) is 57.3. The summed E-state index contributed by atoms with van der Waals surface area (Å²) in [7, 11) is 0. The minimum absolute atomic E-state index is 0. The molecule has 0 aliphatic carbocycles. The van der Waals surface area contributed by atoms with E-state index in [1.54, 1.807) is 0 Å². The van der Waals surface area contributed by atoms with Gasteiger partial charge in [-0.2, -0.15) is 0 Å². The average molecular weight is 1470 g/mol. The predicted octanol–water partition coefficient (Wildman–Crippen LogP) is 30.3. The van der Waals surface area contributed by atoms with Crippen LogP contribution in [0.25, 0.3) is 40.3 Å².